The summed E-state index contributed by atoms with van der Waals surface area (Å²) in [6.07, 6.45) is 0.424. The highest BCUT2D eigenvalue weighted by molar-refractivity contribution is 6.27. The highest BCUT2D eigenvalue weighted by atomic mass is 16.3. The second-order valence-electron chi connectivity index (χ2n) is 18.4. The smallest absolute Gasteiger partial charge is 0.169 e. The van der Waals surface area contributed by atoms with Crippen LogP contribution in [0.2, 0.25) is 0 Å². The Morgan fingerprint density at radius 3 is 2.09 bits per heavy atom. The maximum atomic E-state index is 7.00. The van der Waals surface area contributed by atoms with Crippen LogP contribution in [0.15, 0.2) is 225 Å². The van der Waals surface area contributed by atoms with Gasteiger partial charge < -0.3 is 14.2 Å². The van der Waals surface area contributed by atoms with E-state index < -0.39 is 6.17 Å². The zero-order valence-corrected chi connectivity index (χ0v) is 36.2. The van der Waals surface area contributed by atoms with Crippen LogP contribution in [0.1, 0.15) is 51.9 Å². The van der Waals surface area contributed by atoms with Crippen molar-refractivity contribution in [2.45, 2.75) is 23.9 Å². The van der Waals surface area contributed by atoms with Crippen LogP contribution in [0.3, 0.4) is 0 Å². The summed E-state index contributed by atoms with van der Waals surface area (Å²) in [6, 6.07) is 74.1. The Kier molecular flexibility index (Phi) is 7.54. The van der Waals surface area contributed by atoms with Gasteiger partial charge >= 0.3 is 0 Å². The lowest BCUT2D eigenvalue weighted by Gasteiger charge is -2.32. The predicted octanol–water partition coefficient (Wildman–Crippen LogP) is 15.4. The molecule has 0 spiro atoms. The van der Waals surface area contributed by atoms with Crippen molar-refractivity contribution in [2.24, 2.45) is 9.98 Å². The van der Waals surface area contributed by atoms with Gasteiger partial charge in [-0.2, -0.15) is 0 Å². The molecule has 1 fully saturated rings. The minimum absolute atomic E-state index is 0.267. The summed E-state index contributed by atoms with van der Waals surface area (Å²) in [7, 11) is 0. The molecule has 3 aliphatic rings. The van der Waals surface area contributed by atoms with E-state index in [4.69, 9.17) is 18.8 Å². The van der Waals surface area contributed by atoms with Crippen LogP contribution in [-0.2, 0) is 5.41 Å². The largest absolute Gasteiger partial charge is 0.456 e. The van der Waals surface area contributed by atoms with Crippen molar-refractivity contribution in [3.8, 4) is 22.3 Å². The molecule has 1 unspecified atom stereocenters. The number of hydrogen-bond donors (Lipinski definition) is 1. The standard InChI is InChI=1S/C62H39N3O2/c1-2-13-36(14-3-1)38-18-12-19-41(31-38)59-63-60(42-26-27-46-45-22-9-11-24-53(45)66-55(46)34-42)65-61(64-59)57-51(29-30-54-56(57)47-28-25-37-15-6-7-20-43(37)58(47)67-54)62-35-52(62)49-33-40-17-5-4-16-39(40)32-48(49)44-21-8-10-23-50(44)62/h1-34,52,59H,35H2,(H,63,64,65)/t52-,59?,62-/m1/s1. The lowest BCUT2D eigenvalue weighted by atomic mass is 9.72. The zero-order chi connectivity index (χ0) is 43.8. The molecular formula is C62H39N3O2. The number of hydrogen-bond acceptors (Lipinski definition) is 5. The summed E-state index contributed by atoms with van der Waals surface area (Å²) in [5.41, 5.74) is 14.9. The van der Waals surface area contributed by atoms with Crippen LogP contribution in [-0.4, -0.2) is 11.7 Å². The second-order valence-corrected chi connectivity index (χ2v) is 18.4. The van der Waals surface area contributed by atoms with Crippen molar-refractivity contribution in [3.05, 3.63) is 240 Å². The van der Waals surface area contributed by atoms with Crippen LogP contribution >= 0.6 is 0 Å². The fourth-order valence-corrected chi connectivity index (χ4v) is 11.7. The van der Waals surface area contributed by atoms with Crippen molar-refractivity contribution in [1.82, 2.24) is 5.32 Å². The van der Waals surface area contributed by atoms with Gasteiger partial charge in [0, 0.05) is 43.5 Å². The van der Waals surface area contributed by atoms with Crippen molar-refractivity contribution >= 4 is 77.1 Å². The number of nitrogens with one attached hydrogen (secondary N) is 1. The fraction of sp³-hybridized carbons (Fsp3) is 0.0645. The van der Waals surface area contributed by atoms with Gasteiger partial charge in [-0.3, -0.25) is 0 Å². The molecule has 3 heterocycles. The van der Waals surface area contributed by atoms with E-state index in [9.17, 15) is 0 Å². The zero-order valence-electron chi connectivity index (χ0n) is 36.2. The number of nitrogens with zero attached hydrogens (tertiary/aromatic N) is 2. The Labute approximate surface area is 385 Å². The van der Waals surface area contributed by atoms with E-state index >= 15 is 0 Å². The number of benzene rings is 10. The van der Waals surface area contributed by atoms with E-state index in [1.54, 1.807) is 0 Å². The molecule has 1 N–H and O–H groups in total. The van der Waals surface area contributed by atoms with Gasteiger partial charge in [0.1, 0.15) is 34.0 Å². The van der Waals surface area contributed by atoms with E-state index in [0.717, 1.165) is 101 Å². The molecule has 2 aromatic heterocycles. The summed E-state index contributed by atoms with van der Waals surface area (Å²) in [5.74, 6) is 1.76. The molecule has 2 aliphatic carbocycles. The van der Waals surface area contributed by atoms with Gasteiger partial charge in [-0.05, 0) is 115 Å². The molecule has 5 nitrogen and oxygen atoms in total. The van der Waals surface area contributed by atoms with Gasteiger partial charge in [-0.25, -0.2) is 9.98 Å². The first-order valence-corrected chi connectivity index (χ1v) is 23.2. The third-order valence-electron chi connectivity index (χ3n) is 14.9. The predicted molar refractivity (Wildman–Crippen MR) is 273 cm³/mol. The molecular weight excluding hydrogens is 819 g/mol. The highest BCUT2D eigenvalue weighted by Gasteiger charge is 2.62. The third kappa shape index (κ3) is 5.37. The first-order valence-electron chi connectivity index (χ1n) is 23.2. The molecule has 314 valence electrons. The van der Waals surface area contributed by atoms with Crippen molar-refractivity contribution in [3.63, 3.8) is 0 Å². The number of furan rings is 2. The molecule has 0 amide bonds. The van der Waals surface area contributed by atoms with Crippen LogP contribution in [0.5, 0.6) is 0 Å². The summed E-state index contributed by atoms with van der Waals surface area (Å²) in [6.45, 7) is 0. The average Bonchev–Trinajstić information content (AvgIpc) is 3.89. The molecule has 12 aromatic rings. The number of para-hydroxylation sites is 1. The molecule has 0 saturated heterocycles. The molecule has 1 aliphatic heterocycles. The number of rotatable bonds is 5. The fourth-order valence-electron chi connectivity index (χ4n) is 11.7. The molecule has 0 bridgehead atoms. The Balaban J connectivity index is 0.999. The summed E-state index contributed by atoms with van der Waals surface area (Å²) in [4.78, 5) is 11.2. The van der Waals surface area contributed by atoms with E-state index in [1.807, 2.05) is 12.1 Å². The van der Waals surface area contributed by atoms with Gasteiger partial charge in [0.15, 0.2) is 6.17 Å². The summed E-state index contributed by atoms with van der Waals surface area (Å²) < 4.78 is 13.5. The van der Waals surface area contributed by atoms with Crippen LogP contribution in [0, 0.1) is 0 Å². The monoisotopic (exact) mass is 857 g/mol. The normalized spacial score (nSPS) is 18.4. The van der Waals surface area contributed by atoms with E-state index in [-0.39, 0.29) is 11.3 Å². The molecule has 5 heteroatoms. The molecule has 3 atom stereocenters. The van der Waals surface area contributed by atoms with Crippen molar-refractivity contribution in [1.29, 1.82) is 0 Å². The second kappa shape index (κ2) is 13.7. The quantitative estimate of drug-likeness (QED) is 0.188. The van der Waals surface area contributed by atoms with E-state index in [0.29, 0.717) is 0 Å². The van der Waals surface area contributed by atoms with Crippen LogP contribution in [0.4, 0.5) is 0 Å². The van der Waals surface area contributed by atoms with Gasteiger partial charge in [-0.1, -0.05) is 164 Å². The summed E-state index contributed by atoms with van der Waals surface area (Å²) in [5, 5.41) is 13.0. The van der Waals surface area contributed by atoms with Crippen molar-refractivity contribution in [2.75, 3.05) is 0 Å². The molecule has 1 saturated carbocycles. The Morgan fingerprint density at radius 1 is 0.448 bits per heavy atom. The number of fused-ring (bicyclic) bond motifs is 15. The average molecular weight is 858 g/mol. The Morgan fingerprint density at radius 2 is 1.18 bits per heavy atom. The molecule has 15 rings (SSSR count). The van der Waals surface area contributed by atoms with Crippen LogP contribution in [0.25, 0.3) is 87.7 Å². The topological polar surface area (TPSA) is 63.0 Å². The van der Waals surface area contributed by atoms with Crippen molar-refractivity contribution < 1.29 is 8.83 Å². The van der Waals surface area contributed by atoms with Gasteiger partial charge in [0.05, 0.1) is 0 Å². The maximum absolute atomic E-state index is 7.00. The van der Waals surface area contributed by atoms with E-state index in [1.165, 1.54) is 38.6 Å². The number of aliphatic imine (C=N–C) groups is 2. The minimum Gasteiger partial charge on any atom is -0.456 e. The first kappa shape index (κ1) is 36.8. The Hall–Kier alpha value is -8.54. The van der Waals surface area contributed by atoms with Gasteiger partial charge in [0.2, 0.25) is 0 Å². The highest BCUT2D eigenvalue weighted by Crippen LogP contribution is 2.71. The first-order chi connectivity index (χ1) is 33.2. The molecule has 0 radical (unpaired) electrons. The SMILES string of the molecule is c1ccc(-c2cccc(C3N=C(c4ccc5c(c4)oc4ccccc45)NC(c4c([C@]56C[C@@H]5c5cc7ccccc7cc5-c5ccccc56)ccc5oc6c7ccccc7ccc6c45)=N3)c2)cc1. The molecule has 67 heavy (non-hydrogen) atoms. The van der Waals surface area contributed by atoms with E-state index in [2.05, 4.69) is 199 Å². The minimum atomic E-state index is -0.554. The summed E-state index contributed by atoms with van der Waals surface area (Å²) >= 11 is 0. The maximum Gasteiger partial charge on any atom is 0.169 e. The molecule has 10 aromatic carbocycles. The van der Waals surface area contributed by atoms with Crippen LogP contribution < -0.4 is 5.32 Å². The van der Waals surface area contributed by atoms with Gasteiger partial charge in [0.25, 0.3) is 0 Å². The lowest BCUT2D eigenvalue weighted by molar-refractivity contribution is 0.668. The Bertz CT molecular complexity index is 4140. The lowest BCUT2D eigenvalue weighted by Crippen LogP contribution is -2.37. The van der Waals surface area contributed by atoms with Gasteiger partial charge in [-0.15, -0.1) is 0 Å². The third-order valence-corrected chi connectivity index (χ3v) is 14.9. The number of amidine groups is 2.